The minimum absolute atomic E-state index is 0.151. The van der Waals surface area contributed by atoms with Gasteiger partial charge in [0, 0.05) is 5.02 Å². The minimum Gasteiger partial charge on any atom is -0.393 e. The SMILES string of the molecule is Cc1cc(COC2CC(O)C2)ccc1Cl. The van der Waals surface area contributed by atoms with Gasteiger partial charge in [0.1, 0.15) is 0 Å². The Hall–Kier alpha value is -0.570. The summed E-state index contributed by atoms with van der Waals surface area (Å²) >= 11 is 5.93. The molecule has 0 bridgehead atoms. The lowest BCUT2D eigenvalue weighted by atomic mass is 9.92. The molecule has 3 heteroatoms. The first-order valence-electron chi connectivity index (χ1n) is 5.20. The van der Waals surface area contributed by atoms with Crippen LogP contribution in [0.4, 0.5) is 0 Å². The average Bonchev–Trinajstić information content (AvgIpc) is 2.16. The highest BCUT2D eigenvalue weighted by Crippen LogP contribution is 2.24. The lowest BCUT2D eigenvalue weighted by Crippen LogP contribution is -2.35. The number of aliphatic hydroxyl groups is 1. The third-order valence-electron chi connectivity index (χ3n) is 2.78. The van der Waals surface area contributed by atoms with Gasteiger partial charge in [-0.05, 0) is 37.0 Å². The van der Waals surface area contributed by atoms with E-state index in [9.17, 15) is 0 Å². The Balaban J connectivity index is 1.86. The summed E-state index contributed by atoms with van der Waals surface area (Å²) in [5.41, 5.74) is 2.21. The van der Waals surface area contributed by atoms with Gasteiger partial charge >= 0.3 is 0 Å². The van der Waals surface area contributed by atoms with E-state index in [-0.39, 0.29) is 12.2 Å². The lowest BCUT2D eigenvalue weighted by molar-refractivity contribution is -0.0778. The first-order chi connectivity index (χ1) is 7.15. The van der Waals surface area contributed by atoms with Crippen LogP contribution in [-0.2, 0) is 11.3 Å². The highest BCUT2D eigenvalue weighted by molar-refractivity contribution is 6.31. The molecule has 0 aromatic heterocycles. The van der Waals surface area contributed by atoms with Crippen molar-refractivity contribution in [2.45, 2.75) is 38.6 Å². The number of ether oxygens (including phenoxy) is 1. The second kappa shape index (κ2) is 4.52. The van der Waals surface area contributed by atoms with Crippen molar-refractivity contribution < 1.29 is 9.84 Å². The van der Waals surface area contributed by atoms with E-state index in [4.69, 9.17) is 21.4 Å². The molecule has 2 rings (SSSR count). The maximum atomic E-state index is 9.10. The first kappa shape index (κ1) is 10.9. The summed E-state index contributed by atoms with van der Waals surface area (Å²) in [5.74, 6) is 0. The van der Waals surface area contributed by atoms with Gasteiger partial charge in [-0.1, -0.05) is 23.7 Å². The fourth-order valence-corrected chi connectivity index (χ4v) is 1.80. The third kappa shape index (κ3) is 2.71. The zero-order valence-corrected chi connectivity index (χ0v) is 9.50. The third-order valence-corrected chi connectivity index (χ3v) is 3.20. The van der Waals surface area contributed by atoms with Gasteiger partial charge in [0.2, 0.25) is 0 Å². The molecule has 1 saturated carbocycles. The predicted molar refractivity (Wildman–Crippen MR) is 60.0 cm³/mol. The number of hydrogen-bond donors (Lipinski definition) is 1. The summed E-state index contributed by atoms with van der Waals surface area (Å²) in [6, 6.07) is 5.91. The highest BCUT2D eigenvalue weighted by atomic mass is 35.5. The molecule has 1 aromatic carbocycles. The Labute approximate surface area is 94.8 Å². The highest BCUT2D eigenvalue weighted by Gasteiger charge is 2.27. The van der Waals surface area contributed by atoms with E-state index in [1.165, 1.54) is 0 Å². The molecule has 0 radical (unpaired) electrons. The van der Waals surface area contributed by atoms with Crippen molar-refractivity contribution in [1.29, 1.82) is 0 Å². The summed E-state index contributed by atoms with van der Waals surface area (Å²) in [7, 11) is 0. The summed E-state index contributed by atoms with van der Waals surface area (Å²) in [6.07, 6.45) is 1.62. The van der Waals surface area contributed by atoms with E-state index in [2.05, 4.69) is 0 Å². The largest absolute Gasteiger partial charge is 0.393 e. The minimum atomic E-state index is -0.151. The molecule has 1 fully saturated rings. The molecule has 0 amide bonds. The molecular formula is C12H15ClO2. The number of rotatable bonds is 3. The van der Waals surface area contributed by atoms with Gasteiger partial charge in [0.05, 0.1) is 18.8 Å². The summed E-state index contributed by atoms with van der Waals surface area (Å²) in [4.78, 5) is 0. The van der Waals surface area contributed by atoms with Crippen LogP contribution in [0, 0.1) is 6.92 Å². The predicted octanol–water partition coefficient (Wildman–Crippen LogP) is 2.69. The molecule has 82 valence electrons. The Kier molecular flexibility index (Phi) is 3.29. The maximum Gasteiger partial charge on any atom is 0.0720 e. The Morgan fingerprint density at radius 2 is 2.20 bits per heavy atom. The van der Waals surface area contributed by atoms with Crippen LogP contribution >= 0.6 is 11.6 Å². The van der Waals surface area contributed by atoms with Crippen LogP contribution in [-0.4, -0.2) is 17.3 Å². The van der Waals surface area contributed by atoms with Crippen LogP contribution in [0.5, 0.6) is 0 Å². The van der Waals surface area contributed by atoms with Crippen molar-refractivity contribution in [1.82, 2.24) is 0 Å². The van der Waals surface area contributed by atoms with Crippen LogP contribution in [0.15, 0.2) is 18.2 Å². The molecule has 0 spiro atoms. The lowest BCUT2D eigenvalue weighted by Gasteiger charge is -2.31. The normalized spacial score (nSPS) is 25.0. The Morgan fingerprint density at radius 3 is 2.80 bits per heavy atom. The molecule has 0 aliphatic heterocycles. The van der Waals surface area contributed by atoms with Crippen molar-refractivity contribution in [2.75, 3.05) is 0 Å². The smallest absolute Gasteiger partial charge is 0.0720 e. The maximum absolute atomic E-state index is 9.10. The fourth-order valence-electron chi connectivity index (χ4n) is 1.68. The van der Waals surface area contributed by atoms with Crippen LogP contribution in [0.1, 0.15) is 24.0 Å². The Morgan fingerprint density at radius 1 is 1.47 bits per heavy atom. The molecular weight excluding hydrogens is 212 g/mol. The number of aryl methyl sites for hydroxylation is 1. The molecule has 0 heterocycles. The van der Waals surface area contributed by atoms with Gasteiger partial charge < -0.3 is 9.84 Å². The fraction of sp³-hybridized carbons (Fsp3) is 0.500. The van der Waals surface area contributed by atoms with Gasteiger partial charge in [-0.2, -0.15) is 0 Å². The van der Waals surface area contributed by atoms with E-state index in [0.717, 1.165) is 29.0 Å². The van der Waals surface area contributed by atoms with E-state index in [0.29, 0.717) is 6.61 Å². The zero-order valence-electron chi connectivity index (χ0n) is 8.74. The van der Waals surface area contributed by atoms with E-state index in [1.54, 1.807) is 0 Å². The summed E-state index contributed by atoms with van der Waals surface area (Å²) in [5, 5.41) is 9.89. The topological polar surface area (TPSA) is 29.5 Å². The number of hydrogen-bond acceptors (Lipinski definition) is 2. The molecule has 0 atom stereocenters. The van der Waals surface area contributed by atoms with Crippen molar-refractivity contribution in [3.63, 3.8) is 0 Å². The van der Waals surface area contributed by atoms with Crippen LogP contribution in [0.3, 0.4) is 0 Å². The van der Waals surface area contributed by atoms with Gasteiger partial charge in [-0.15, -0.1) is 0 Å². The van der Waals surface area contributed by atoms with Crippen LogP contribution in [0.2, 0.25) is 5.02 Å². The zero-order chi connectivity index (χ0) is 10.8. The number of benzene rings is 1. The molecule has 2 nitrogen and oxygen atoms in total. The number of halogens is 1. The van der Waals surface area contributed by atoms with Gasteiger partial charge in [-0.3, -0.25) is 0 Å². The van der Waals surface area contributed by atoms with Crippen molar-refractivity contribution in [3.05, 3.63) is 34.3 Å². The second-order valence-electron chi connectivity index (χ2n) is 4.14. The van der Waals surface area contributed by atoms with Crippen molar-refractivity contribution in [2.24, 2.45) is 0 Å². The van der Waals surface area contributed by atoms with Crippen LogP contribution in [0.25, 0.3) is 0 Å². The molecule has 0 unspecified atom stereocenters. The molecule has 1 aliphatic carbocycles. The first-order valence-corrected chi connectivity index (χ1v) is 5.57. The van der Waals surface area contributed by atoms with E-state index in [1.807, 2.05) is 25.1 Å². The summed E-state index contributed by atoms with van der Waals surface area (Å²) < 4.78 is 5.63. The molecule has 0 saturated heterocycles. The van der Waals surface area contributed by atoms with Crippen molar-refractivity contribution in [3.8, 4) is 0 Å². The molecule has 1 N–H and O–H groups in total. The molecule has 1 aliphatic rings. The van der Waals surface area contributed by atoms with Crippen LogP contribution < -0.4 is 0 Å². The van der Waals surface area contributed by atoms with Crippen molar-refractivity contribution >= 4 is 11.6 Å². The van der Waals surface area contributed by atoms with Gasteiger partial charge in [-0.25, -0.2) is 0 Å². The monoisotopic (exact) mass is 226 g/mol. The second-order valence-corrected chi connectivity index (χ2v) is 4.55. The molecule has 15 heavy (non-hydrogen) atoms. The van der Waals surface area contributed by atoms with E-state index < -0.39 is 0 Å². The quantitative estimate of drug-likeness (QED) is 0.859. The average molecular weight is 227 g/mol. The van der Waals surface area contributed by atoms with E-state index >= 15 is 0 Å². The summed E-state index contributed by atoms with van der Waals surface area (Å²) in [6.45, 7) is 2.59. The van der Waals surface area contributed by atoms with Gasteiger partial charge in [0.15, 0.2) is 0 Å². The van der Waals surface area contributed by atoms with Gasteiger partial charge in [0.25, 0.3) is 0 Å². The Bertz CT molecular complexity index is 345. The number of aliphatic hydroxyl groups excluding tert-OH is 1. The molecule has 1 aromatic rings. The standard InChI is InChI=1S/C12H15ClO2/c1-8-4-9(2-3-12(8)13)7-15-11-5-10(14)6-11/h2-4,10-11,14H,5-7H2,1H3.